The standard InChI is InChI=1S/3C26H27FN10/c3*1-26(28,20-3-5-22(27)6-4-20)21-13-29-25(30-14-21)36-9-7-35(8-10-36)24-23-11-18(16-37(23)33-17-31-24)19-12-32-34(2)15-19/h3*3-6,11-17H,7-10,28H2,1-2H3/t3*26-/m000/s1/i2D3,9D2,10D2;9D2,10D2;7D2,8D2. The quantitative estimate of drug-likeness (QED) is 0.0880. The van der Waals surface area contributed by atoms with Crippen LogP contribution in [0.5, 0.6) is 0 Å². The van der Waals surface area contributed by atoms with Gasteiger partial charge in [0.2, 0.25) is 17.8 Å². The molecule has 15 aromatic rings. The van der Waals surface area contributed by atoms with Crippen molar-refractivity contribution in [2.75, 3.05) is 108 Å². The largest absolute Gasteiger partial charge is 0.351 e. The first kappa shape index (κ1) is 56.2. The summed E-state index contributed by atoms with van der Waals surface area (Å²) in [6.07, 6.45) is 27.9. The van der Waals surface area contributed by atoms with Gasteiger partial charge in [-0.05, 0) is 92.1 Å². The highest BCUT2D eigenvalue weighted by molar-refractivity contribution is 5.80. The molecule has 564 valence electrons. The zero-order valence-electron chi connectivity index (χ0n) is 75.2. The van der Waals surface area contributed by atoms with E-state index in [0.29, 0.717) is 66.9 Å². The normalized spacial score (nSPS) is 20.6. The molecule has 33 heteroatoms. The molecule has 0 amide bonds. The predicted octanol–water partition coefficient (Wildman–Crippen LogP) is 7.82. The maximum Gasteiger partial charge on any atom is 0.225 e. The fourth-order valence-corrected chi connectivity index (χ4v) is 12.7. The predicted molar refractivity (Wildman–Crippen MR) is 416 cm³/mol. The van der Waals surface area contributed by atoms with E-state index in [2.05, 4.69) is 75.4 Å². The summed E-state index contributed by atoms with van der Waals surface area (Å²) in [4.78, 5) is 46.5. The van der Waals surface area contributed by atoms with E-state index in [-0.39, 0.29) is 80.4 Å². The van der Waals surface area contributed by atoms with Crippen LogP contribution < -0.4 is 46.6 Å². The van der Waals surface area contributed by atoms with Gasteiger partial charge in [0.25, 0.3) is 0 Å². The van der Waals surface area contributed by atoms with Gasteiger partial charge in [0.05, 0.1) is 51.7 Å². The van der Waals surface area contributed by atoms with Crippen molar-refractivity contribution in [3.8, 4) is 33.4 Å². The van der Waals surface area contributed by atoms with E-state index < -0.39 is 68.4 Å². The maximum absolute atomic E-state index is 13.4. The second kappa shape index (κ2) is 29.8. The number of benzene rings is 3. The van der Waals surface area contributed by atoms with Gasteiger partial charge in [-0.3, -0.25) is 14.0 Å². The summed E-state index contributed by atoms with van der Waals surface area (Å²) in [6, 6.07) is 22.7. The number of nitrogens with zero attached hydrogens (tertiary/aromatic N) is 27. The van der Waals surface area contributed by atoms with Crippen LogP contribution in [0.25, 0.3) is 49.9 Å². The molecule has 3 aromatic carbocycles. The number of aryl methyl sites for hydroxylation is 3. The molecule has 3 saturated heterocycles. The van der Waals surface area contributed by atoms with Crippen LogP contribution in [0.1, 0.15) is 74.7 Å². The van der Waals surface area contributed by atoms with Crippen LogP contribution in [0.15, 0.2) is 203 Å². The van der Waals surface area contributed by atoms with Crippen molar-refractivity contribution < 1.29 is 33.7 Å². The van der Waals surface area contributed by atoms with Crippen molar-refractivity contribution in [1.29, 1.82) is 0 Å². The summed E-state index contributed by atoms with van der Waals surface area (Å²) in [6.45, 7) is -12.1. The van der Waals surface area contributed by atoms with Gasteiger partial charge in [-0.2, -0.15) is 30.6 Å². The molecule has 3 atom stereocenters. The summed E-state index contributed by atoms with van der Waals surface area (Å²) in [7, 11) is 3.64. The van der Waals surface area contributed by atoms with Crippen molar-refractivity contribution in [3.63, 3.8) is 0 Å². The van der Waals surface area contributed by atoms with E-state index in [1.165, 1.54) is 119 Å². The van der Waals surface area contributed by atoms with Crippen LogP contribution in [0.3, 0.4) is 0 Å². The minimum atomic E-state index is -2.43. The third kappa shape index (κ3) is 14.9. The molecule has 0 bridgehead atoms. The smallest absolute Gasteiger partial charge is 0.225 e. The Morgan fingerprint density at radius 3 is 0.910 bits per heavy atom. The third-order valence-corrected chi connectivity index (χ3v) is 19.2. The molecule has 111 heavy (non-hydrogen) atoms. The third-order valence-electron chi connectivity index (χ3n) is 19.2. The first-order valence-corrected chi connectivity index (χ1v) is 34.6. The number of rotatable bonds is 15. The van der Waals surface area contributed by atoms with Crippen LogP contribution >= 0.6 is 0 Å². The number of anilines is 6. The Bertz CT molecular complexity index is 6430. The monoisotopic (exact) mass is 1510 g/mol. The van der Waals surface area contributed by atoms with E-state index in [9.17, 15) is 13.2 Å². The second-order valence-electron chi connectivity index (χ2n) is 26.9. The second-order valence-corrected chi connectivity index (χ2v) is 26.9. The van der Waals surface area contributed by atoms with Gasteiger partial charge in [0.15, 0.2) is 17.5 Å². The van der Waals surface area contributed by atoms with E-state index in [0.717, 1.165) is 41.6 Å². The lowest BCUT2D eigenvalue weighted by atomic mass is 9.87. The zero-order valence-corrected chi connectivity index (χ0v) is 60.2. The van der Waals surface area contributed by atoms with Crippen molar-refractivity contribution >= 4 is 51.8 Å². The number of aromatic nitrogens is 21. The first-order chi connectivity index (χ1) is 59.3. The van der Waals surface area contributed by atoms with Gasteiger partial charge < -0.3 is 46.6 Å². The van der Waals surface area contributed by atoms with Gasteiger partial charge in [-0.15, -0.1) is 0 Å². The number of hydrogen-bond donors (Lipinski definition) is 3. The van der Waals surface area contributed by atoms with Crippen LogP contribution in [-0.4, -0.2) is 181 Å². The summed E-state index contributed by atoms with van der Waals surface area (Å²) in [5.41, 5.74) is 26.0. The maximum atomic E-state index is 13.4. The van der Waals surface area contributed by atoms with Gasteiger partial charge in [0, 0.05) is 228 Å². The molecule has 30 nitrogen and oxygen atoms in total. The molecule has 6 N–H and O–H groups in total. The first-order valence-electron chi connectivity index (χ1n) is 42.1. The zero-order chi connectivity index (χ0) is 90.0. The van der Waals surface area contributed by atoms with Crippen molar-refractivity contribution in [2.45, 2.75) is 37.4 Å². The number of nitrogens with two attached hydrogens (primary N) is 3. The minimum Gasteiger partial charge on any atom is -0.351 e. The molecule has 0 unspecified atom stereocenters. The molecule has 0 aliphatic carbocycles. The minimum absolute atomic E-state index is 0.118. The van der Waals surface area contributed by atoms with Crippen LogP contribution in [0.4, 0.5) is 48.5 Å². The Hall–Kier alpha value is -13.1. The molecule has 0 radical (unpaired) electrons. The van der Waals surface area contributed by atoms with Crippen LogP contribution in [-0.2, 0) is 37.7 Å². The van der Waals surface area contributed by atoms with Crippen molar-refractivity contribution in [3.05, 3.63) is 254 Å². The molecule has 3 aliphatic rings. The lowest BCUT2D eigenvalue weighted by Gasteiger charge is -2.35. The molecular weight excluding hydrogens is 1410 g/mol. The summed E-state index contributed by atoms with van der Waals surface area (Å²) < 4.78 is 178. The molecule has 3 fully saturated rings. The van der Waals surface area contributed by atoms with Gasteiger partial charge in [0.1, 0.15) is 53.0 Å². The summed E-state index contributed by atoms with van der Waals surface area (Å²) in [5, 5.41) is 25.1. The summed E-state index contributed by atoms with van der Waals surface area (Å²) in [5.74, 6) is -0.461. The fraction of sp³-hybridized carbons (Fsp3) is 0.269. The molecule has 18 rings (SSSR count). The van der Waals surface area contributed by atoms with Gasteiger partial charge >= 0.3 is 0 Å². The Balaban J connectivity index is 0.000000139. The average Bonchev–Trinajstić information content (AvgIpc) is 1.24. The Morgan fingerprint density at radius 1 is 0.324 bits per heavy atom. The number of fused-ring (bicyclic) bond motifs is 3. The highest BCUT2D eigenvalue weighted by Gasteiger charge is 2.32. The molecule has 3 aliphatic heterocycles. The Morgan fingerprint density at radius 2 is 0.604 bits per heavy atom. The number of piperazine rings is 3. The van der Waals surface area contributed by atoms with E-state index in [4.69, 9.17) is 37.8 Å². The topological polar surface area (TPSA) is 319 Å². The highest BCUT2D eigenvalue weighted by atomic mass is 19.1. The van der Waals surface area contributed by atoms with E-state index in [1.54, 1.807) is 117 Å². The number of hydrogen-bond acceptors (Lipinski definition) is 24. The molecule has 0 saturated carbocycles. The molecule has 12 aromatic heterocycles. The Kier molecular flexibility index (Phi) is 15.1. The highest BCUT2D eigenvalue weighted by Crippen LogP contribution is 2.35. The van der Waals surface area contributed by atoms with Crippen molar-refractivity contribution in [2.24, 2.45) is 38.3 Å². The fourth-order valence-electron chi connectivity index (χ4n) is 12.7. The molecule has 15 heterocycles. The van der Waals surface area contributed by atoms with Gasteiger partial charge in [-0.25, -0.2) is 71.6 Å². The van der Waals surface area contributed by atoms with Gasteiger partial charge in [-0.1, -0.05) is 36.4 Å². The number of halogens is 3. The lowest BCUT2D eigenvalue weighted by molar-refractivity contribution is 0.585. The lowest BCUT2D eigenvalue weighted by Crippen LogP contribution is -2.47. The van der Waals surface area contributed by atoms with E-state index >= 15 is 0 Å². The SMILES string of the molecule is [2H]C1([2H])CN(c2ncc([C@@](C)(N)c3ccc(F)cc3)cn2)CC([2H])([2H])N1c1ncnn2cc(-c3cnn(C)c3)cc12.[2H]C1([2H])CN(c2ncnn3cc(-c4cnn(C([2H])([2H])[2H])c4)cc23)CC([2H])([2H])N1c1ncc([C@@](C)(N)c2ccc(F)cc2)cn1.[2H]C1([2H])CN(c2ncnn3cc(-c4cnn(C)c4)cc23)CC([2H])([2H])N1c1ncc([C@@](C)(N)c2ccc(F)cc2)cn1. The van der Waals surface area contributed by atoms with Crippen LogP contribution in [0.2, 0.25) is 0 Å². The molecular formula is C78H81F3N30. The summed E-state index contributed by atoms with van der Waals surface area (Å²) >= 11 is 0. The van der Waals surface area contributed by atoms with Crippen LogP contribution in [0, 0.1) is 17.5 Å². The van der Waals surface area contributed by atoms with Crippen molar-refractivity contribution in [1.82, 2.24) is 103 Å². The van der Waals surface area contributed by atoms with E-state index in [1.807, 2.05) is 38.8 Å². The molecule has 0 spiro atoms. The Labute approximate surface area is 657 Å². The average molecular weight is 1510 g/mol.